The number of halogens is 1. The van der Waals surface area contributed by atoms with Crippen molar-refractivity contribution in [3.8, 4) is 0 Å². The highest BCUT2D eigenvalue weighted by atomic mass is 35.5. The van der Waals surface area contributed by atoms with E-state index < -0.39 is 0 Å². The Kier molecular flexibility index (Phi) is 6.69. The lowest BCUT2D eigenvalue weighted by Crippen LogP contribution is -2.46. The topological polar surface area (TPSA) is 44.4 Å². The molecule has 0 spiro atoms. The number of anilines is 1. The van der Waals surface area contributed by atoms with E-state index in [0.717, 1.165) is 49.5 Å². The van der Waals surface area contributed by atoms with Crippen LogP contribution in [-0.4, -0.2) is 43.5 Å². The van der Waals surface area contributed by atoms with Crippen LogP contribution in [-0.2, 0) is 0 Å². The van der Waals surface area contributed by atoms with Gasteiger partial charge in [0, 0.05) is 44.0 Å². The van der Waals surface area contributed by atoms with Crippen LogP contribution in [0.1, 0.15) is 36.7 Å². The van der Waals surface area contributed by atoms with Gasteiger partial charge in [-0.25, -0.2) is 0 Å². The monoisotopic (exact) mass is 325 g/mol. The van der Waals surface area contributed by atoms with Crippen molar-refractivity contribution in [3.05, 3.63) is 29.3 Å². The first-order chi connectivity index (χ1) is 9.88. The standard InChI is InChI=1S/C17H27N3O.ClH/c1-13-14(16(21)20-10-8-18-9-11-20)6-5-7-15(13)19-12-17(2,3)4;/h5-7,18-19H,8-12H2,1-4H3;1H. The summed E-state index contributed by atoms with van der Waals surface area (Å²) < 4.78 is 0. The lowest BCUT2D eigenvalue weighted by molar-refractivity contribution is 0.0735. The molecule has 1 amide bonds. The zero-order valence-corrected chi connectivity index (χ0v) is 14.8. The van der Waals surface area contributed by atoms with Gasteiger partial charge in [-0.1, -0.05) is 26.8 Å². The summed E-state index contributed by atoms with van der Waals surface area (Å²) in [5.74, 6) is 0.147. The zero-order valence-electron chi connectivity index (χ0n) is 14.0. The van der Waals surface area contributed by atoms with Crippen LogP contribution in [0.4, 0.5) is 5.69 Å². The molecule has 4 nitrogen and oxygen atoms in total. The minimum absolute atomic E-state index is 0. The predicted octanol–water partition coefficient (Wildman–Crippen LogP) is 2.92. The molecular weight excluding hydrogens is 298 g/mol. The Morgan fingerprint density at radius 2 is 1.91 bits per heavy atom. The zero-order chi connectivity index (χ0) is 15.5. The first-order valence-electron chi connectivity index (χ1n) is 7.72. The van der Waals surface area contributed by atoms with Gasteiger partial charge in [-0.05, 0) is 30.0 Å². The Bertz CT molecular complexity index is 505. The number of nitrogens with zero attached hydrogens (tertiary/aromatic N) is 1. The minimum Gasteiger partial charge on any atom is -0.384 e. The summed E-state index contributed by atoms with van der Waals surface area (Å²) in [5, 5.41) is 6.75. The number of piperazine rings is 1. The van der Waals surface area contributed by atoms with Gasteiger partial charge in [-0.2, -0.15) is 0 Å². The fraction of sp³-hybridized carbons (Fsp3) is 0.588. The summed E-state index contributed by atoms with van der Waals surface area (Å²) in [6, 6.07) is 5.95. The average molecular weight is 326 g/mol. The van der Waals surface area contributed by atoms with Gasteiger partial charge in [0.25, 0.3) is 5.91 Å². The van der Waals surface area contributed by atoms with Crippen molar-refractivity contribution in [2.24, 2.45) is 5.41 Å². The average Bonchev–Trinajstić information content (AvgIpc) is 2.45. The third-order valence-electron chi connectivity index (χ3n) is 3.78. The summed E-state index contributed by atoms with van der Waals surface area (Å²) in [7, 11) is 0. The maximum atomic E-state index is 12.6. The molecule has 1 fully saturated rings. The Morgan fingerprint density at radius 3 is 2.50 bits per heavy atom. The smallest absolute Gasteiger partial charge is 0.254 e. The van der Waals surface area contributed by atoms with Gasteiger partial charge in [0.05, 0.1) is 0 Å². The van der Waals surface area contributed by atoms with Gasteiger partial charge >= 0.3 is 0 Å². The fourth-order valence-electron chi connectivity index (χ4n) is 2.46. The van der Waals surface area contributed by atoms with Gasteiger partial charge in [0.15, 0.2) is 0 Å². The van der Waals surface area contributed by atoms with Gasteiger partial charge in [0.1, 0.15) is 0 Å². The lowest BCUT2D eigenvalue weighted by atomic mass is 9.96. The van der Waals surface area contributed by atoms with Crippen molar-refractivity contribution in [2.75, 3.05) is 38.0 Å². The van der Waals surface area contributed by atoms with Crippen LogP contribution in [0, 0.1) is 12.3 Å². The molecule has 22 heavy (non-hydrogen) atoms. The van der Waals surface area contributed by atoms with E-state index in [1.165, 1.54) is 0 Å². The van der Waals surface area contributed by atoms with Gasteiger partial charge in [-0.3, -0.25) is 4.79 Å². The molecule has 1 aromatic rings. The normalized spacial score (nSPS) is 15.2. The molecule has 0 aliphatic carbocycles. The van der Waals surface area contributed by atoms with E-state index >= 15 is 0 Å². The molecule has 0 aromatic heterocycles. The number of benzene rings is 1. The Labute approximate surface area is 140 Å². The Hall–Kier alpha value is -1.26. The highest BCUT2D eigenvalue weighted by molar-refractivity contribution is 5.97. The highest BCUT2D eigenvalue weighted by Gasteiger charge is 2.20. The molecule has 5 heteroatoms. The van der Waals surface area contributed by atoms with E-state index in [4.69, 9.17) is 0 Å². The Balaban J connectivity index is 0.00000242. The van der Waals surface area contributed by atoms with Crippen molar-refractivity contribution in [1.82, 2.24) is 10.2 Å². The minimum atomic E-state index is 0. The van der Waals surface area contributed by atoms with E-state index in [1.807, 2.05) is 24.0 Å². The molecule has 1 aromatic carbocycles. The first kappa shape index (κ1) is 18.8. The highest BCUT2D eigenvalue weighted by Crippen LogP contribution is 2.22. The van der Waals surface area contributed by atoms with Crippen molar-refractivity contribution >= 4 is 24.0 Å². The van der Waals surface area contributed by atoms with Crippen LogP contribution in [0.25, 0.3) is 0 Å². The van der Waals surface area contributed by atoms with Crippen LogP contribution in [0.5, 0.6) is 0 Å². The summed E-state index contributed by atoms with van der Waals surface area (Å²) in [4.78, 5) is 14.6. The van der Waals surface area contributed by atoms with E-state index in [1.54, 1.807) is 0 Å². The second-order valence-corrected chi connectivity index (χ2v) is 6.93. The van der Waals surface area contributed by atoms with Crippen LogP contribution in [0.2, 0.25) is 0 Å². The number of carbonyl (C=O) groups is 1. The summed E-state index contributed by atoms with van der Waals surface area (Å²) in [6.07, 6.45) is 0. The maximum Gasteiger partial charge on any atom is 0.254 e. The summed E-state index contributed by atoms with van der Waals surface area (Å²) in [5.41, 5.74) is 3.14. The van der Waals surface area contributed by atoms with E-state index in [9.17, 15) is 4.79 Å². The number of nitrogens with one attached hydrogen (secondary N) is 2. The molecular formula is C17H28ClN3O. The van der Waals surface area contributed by atoms with E-state index in [0.29, 0.717) is 0 Å². The molecule has 1 saturated heterocycles. The second-order valence-electron chi connectivity index (χ2n) is 6.93. The molecule has 2 N–H and O–H groups in total. The van der Waals surface area contributed by atoms with Gasteiger partial charge in [-0.15, -0.1) is 12.4 Å². The van der Waals surface area contributed by atoms with Crippen LogP contribution in [0.3, 0.4) is 0 Å². The molecule has 0 saturated carbocycles. The van der Waals surface area contributed by atoms with Crippen LogP contribution >= 0.6 is 12.4 Å². The van der Waals surface area contributed by atoms with Gasteiger partial charge in [0.2, 0.25) is 0 Å². The molecule has 0 unspecified atom stereocenters. The quantitative estimate of drug-likeness (QED) is 0.898. The molecule has 1 aliphatic rings. The van der Waals surface area contributed by atoms with E-state index in [2.05, 4.69) is 37.5 Å². The number of carbonyl (C=O) groups excluding carboxylic acids is 1. The third-order valence-corrected chi connectivity index (χ3v) is 3.78. The van der Waals surface area contributed by atoms with E-state index in [-0.39, 0.29) is 23.7 Å². The van der Waals surface area contributed by atoms with Crippen molar-refractivity contribution < 1.29 is 4.79 Å². The molecule has 0 atom stereocenters. The molecule has 1 heterocycles. The number of amides is 1. The number of hydrogen-bond acceptors (Lipinski definition) is 3. The lowest BCUT2D eigenvalue weighted by Gasteiger charge is -2.28. The van der Waals surface area contributed by atoms with Crippen LogP contribution in [0.15, 0.2) is 18.2 Å². The number of hydrogen-bond donors (Lipinski definition) is 2. The molecule has 0 radical (unpaired) electrons. The predicted molar refractivity (Wildman–Crippen MR) is 95.1 cm³/mol. The van der Waals surface area contributed by atoms with Crippen molar-refractivity contribution in [3.63, 3.8) is 0 Å². The Morgan fingerprint density at radius 1 is 1.27 bits per heavy atom. The molecule has 0 bridgehead atoms. The SMILES string of the molecule is Cc1c(NCC(C)(C)C)cccc1C(=O)N1CCNCC1.Cl. The summed E-state index contributed by atoms with van der Waals surface area (Å²) in [6.45, 7) is 12.9. The first-order valence-corrected chi connectivity index (χ1v) is 7.72. The third kappa shape index (κ3) is 4.89. The van der Waals surface area contributed by atoms with Crippen molar-refractivity contribution in [2.45, 2.75) is 27.7 Å². The largest absolute Gasteiger partial charge is 0.384 e. The number of rotatable bonds is 3. The molecule has 1 aliphatic heterocycles. The van der Waals surface area contributed by atoms with Crippen LogP contribution < -0.4 is 10.6 Å². The fourth-order valence-corrected chi connectivity index (χ4v) is 2.46. The maximum absolute atomic E-state index is 12.6. The molecule has 2 rings (SSSR count). The molecule has 124 valence electrons. The van der Waals surface area contributed by atoms with Gasteiger partial charge < -0.3 is 15.5 Å². The summed E-state index contributed by atoms with van der Waals surface area (Å²) >= 11 is 0. The van der Waals surface area contributed by atoms with Crippen molar-refractivity contribution in [1.29, 1.82) is 0 Å². The second kappa shape index (κ2) is 7.84.